The Morgan fingerprint density at radius 1 is 1.12 bits per heavy atom. The monoisotopic (exact) mass is 477 g/mol. The third kappa shape index (κ3) is 4.96. The number of ether oxygens (including phenoxy) is 1. The maximum atomic E-state index is 12.6. The number of nitrogens with zero attached hydrogens (tertiary/aromatic N) is 1. The maximum absolute atomic E-state index is 12.6. The minimum absolute atomic E-state index is 0. The molecule has 0 amide bonds. The summed E-state index contributed by atoms with van der Waals surface area (Å²) in [6.07, 6.45) is 4.97. The molecule has 3 aromatic rings. The predicted molar refractivity (Wildman–Crippen MR) is 132 cm³/mol. The summed E-state index contributed by atoms with van der Waals surface area (Å²) >= 11 is 0. The van der Waals surface area contributed by atoms with Crippen LogP contribution in [-0.2, 0) is 22.9 Å². The standard InChI is InChI=1S/C24H31N3O3S.ClH/c1-4-12-27(13-11-26-31(28,29)20-7-5-17(2)6-8-20)19-14-18-16-25-22-9-10-23(30-3)21(15-19)24(18)22;/h5-10,16,19,25-26H,4,11-15H2,1-3H3;1H. The number of methoxy groups -OCH3 is 1. The Bertz CT molecular complexity index is 1160. The van der Waals surface area contributed by atoms with Crippen molar-refractivity contribution in [3.63, 3.8) is 0 Å². The summed E-state index contributed by atoms with van der Waals surface area (Å²) in [5.74, 6) is 0.926. The molecule has 1 heterocycles. The van der Waals surface area contributed by atoms with Crippen LogP contribution in [0.1, 0.15) is 30.0 Å². The van der Waals surface area contributed by atoms with Crippen LogP contribution >= 0.6 is 12.4 Å². The van der Waals surface area contributed by atoms with Crippen LogP contribution in [0.4, 0.5) is 0 Å². The number of aryl methyl sites for hydroxylation is 1. The van der Waals surface area contributed by atoms with Crippen molar-refractivity contribution in [2.24, 2.45) is 0 Å². The normalized spacial score (nSPS) is 15.7. The van der Waals surface area contributed by atoms with E-state index in [2.05, 4.69) is 33.8 Å². The number of hydrogen-bond acceptors (Lipinski definition) is 4. The molecule has 32 heavy (non-hydrogen) atoms. The molecule has 1 atom stereocenters. The average Bonchev–Trinajstić information content (AvgIpc) is 3.18. The van der Waals surface area contributed by atoms with Crippen molar-refractivity contribution in [2.45, 2.75) is 44.0 Å². The highest BCUT2D eigenvalue weighted by atomic mass is 35.5. The van der Waals surface area contributed by atoms with Crippen LogP contribution in [0.15, 0.2) is 47.5 Å². The lowest BCUT2D eigenvalue weighted by molar-refractivity contribution is 0.194. The highest BCUT2D eigenvalue weighted by Gasteiger charge is 2.28. The molecule has 2 aromatic carbocycles. The first-order valence-electron chi connectivity index (χ1n) is 10.9. The highest BCUT2D eigenvalue weighted by Crippen LogP contribution is 2.37. The minimum atomic E-state index is -3.50. The van der Waals surface area contributed by atoms with Crippen molar-refractivity contribution in [3.8, 4) is 5.75 Å². The van der Waals surface area contributed by atoms with Crippen LogP contribution in [0.25, 0.3) is 10.9 Å². The Morgan fingerprint density at radius 2 is 1.88 bits per heavy atom. The van der Waals surface area contributed by atoms with Crippen LogP contribution in [0.3, 0.4) is 0 Å². The zero-order valence-corrected chi connectivity index (χ0v) is 20.5. The molecule has 2 N–H and O–H groups in total. The quantitative estimate of drug-likeness (QED) is 0.487. The number of aromatic amines is 1. The van der Waals surface area contributed by atoms with Gasteiger partial charge >= 0.3 is 0 Å². The van der Waals surface area contributed by atoms with Gasteiger partial charge in [0.1, 0.15) is 5.75 Å². The highest BCUT2D eigenvalue weighted by molar-refractivity contribution is 7.89. The van der Waals surface area contributed by atoms with Gasteiger partial charge in [-0.05, 0) is 62.6 Å². The van der Waals surface area contributed by atoms with Gasteiger partial charge in [0.25, 0.3) is 0 Å². The molecule has 0 spiro atoms. The molecule has 0 saturated heterocycles. The summed E-state index contributed by atoms with van der Waals surface area (Å²) < 4.78 is 33.7. The van der Waals surface area contributed by atoms with Gasteiger partial charge in [0.05, 0.1) is 12.0 Å². The second kappa shape index (κ2) is 10.3. The van der Waals surface area contributed by atoms with E-state index in [1.54, 1.807) is 19.2 Å². The van der Waals surface area contributed by atoms with Crippen molar-refractivity contribution < 1.29 is 13.2 Å². The fraction of sp³-hybridized carbons (Fsp3) is 0.417. The first-order valence-corrected chi connectivity index (χ1v) is 12.4. The van der Waals surface area contributed by atoms with E-state index in [4.69, 9.17) is 4.74 Å². The summed E-state index contributed by atoms with van der Waals surface area (Å²) in [7, 11) is -1.78. The van der Waals surface area contributed by atoms with E-state index in [-0.39, 0.29) is 12.4 Å². The van der Waals surface area contributed by atoms with E-state index in [9.17, 15) is 8.42 Å². The average molecular weight is 478 g/mol. The van der Waals surface area contributed by atoms with E-state index < -0.39 is 10.0 Å². The van der Waals surface area contributed by atoms with Crippen LogP contribution in [0.5, 0.6) is 5.75 Å². The molecule has 8 heteroatoms. The molecular formula is C24H32ClN3O3S. The third-order valence-electron chi connectivity index (χ3n) is 6.16. The molecule has 1 aliphatic rings. The summed E-state index contributed by atoms with van der Waals surface area (Å²) in [5.41, 5.74) is 4.74. The predicted octanol–water partition coefficient (Wildman–Crippen LogP) is 4.06. The molecule has 0 bridgehead atoms. The van der Waals surface area contributed by atoms with Crippen LogP contribution < -0.4 is 9.46 Å². The van der Waals surface area contributed by atoms with Gasteiger partial charge in [-0.3, -0.25) is 4.90 Å². The minimum Gasteiger partial charge on any atom is -0.496 e. The number of H-pyrrole nitrogens is 1. The van der Waals surface area contributed by atoms with Crippen molar-refractivity contribution in [1.29, 1.82) is 0 Å². The lowest BCUT2D eigenvalue weighted by atomic mass is 9.87. The largest absolute Gasteiger partial charge is 0.496 e. The first-order chi connectivity index (χ1) is 14.9. The molecule has 0 fully saturated rings. The second-order valence-electron chi connectivity index (χ2n) is 8.29. The Balaban J connectivity index is 0.00000289. The van der Waals surface area contributed by atoms with Gasteiger partial charge in [-0.2, -0.15) is 0 Å². The molecule has 0 radical (unpaired) electrons. The summed E-state index contributed by atoms with van der Waals surface area (Å²) in [5, 5.41) is 1.28. The van der Waals surface area contributed by atoms with Crippen molar-refractivity contribution in [2.75, 3.05) is 26.7 Å². The molecule has 0 saturated carbocycles. The van der Waals surface area contributed by atoms with Gasteiger partial charge in [-0.1, -0.05) is 24.6 Å². The molecular weight excluding hydrogens is 446 g/mol. The van der Waals surface area contributed by atoms with Gasteiger partial charge in [-0.15, -0.1) is 12.4 Å². The summed E-state index contributed by atoms with van der Waals surface area (Å²) in [6.45, 7) is 6.09. The van der Waals surface area contributed by atoms with E-state index in [1.165, 1.54) is 16.5 Å². The maximum Gasteiger partial charge on any atom is 0.240 e. The summed E-state index contributed by atoms with van der Waals surface area (Å²) in [6, 6.07) is 11.4. The molecule has 174 valence electrons. The topological polar surface area (TPSA) is 74.4 Å². The lowest BCUT2D eigenvalue weighted by Crippen LogP contribution is -2.44. The molecule has 6 nitrogen and oxygen atoms in total. The van der Waals surface area contributed by atoms with Gasteiger partial charge in [0.2, 0.25) is 10.0 Å². The number of hydrogen-bond donors (Lipinski definition) is 2. The fourth-order valence-electron chi connectivity index (χ4n) is 4.62. The van der Waals surface area contributed by atoms with Gasteiger partial charge in [0.15, 0.2) is 0 Å². The van der Waals surface area contributed by atoms with Crippen molar-refractivity contribution in [3.05, 3.63) is 59.3 Å². The Kier molecular flexibility index (Phi) is 7.88. The lowest BCUT2D eigenvalue weighted by Gasteiger charge is -2.34. The van der Waals surface area contributed by atoms with E-state index >= 15 is 0 Å². The third-order valence-corrected chi connectivity index (χ3v) is 7.63. The fourth-order valence-corrected chi connectivity index (χ4v) is 5.64. The molecule has 4 rings (SSSR count). The van der Waals surface area contributed by atoms with E-state index in [0.717, 1.165) is 42.6 Å². The van der Waals surface area contributed by atoms with Crippen molar-refractivity contribution >= 4 is 33.3 Å². The Labute approximate surface area is 196 Å². The number of rotatable bonds is 9. The smallest absolute Gasteiger partial charge is 0.240 e. The van der Waals surface area contributed by atoms with E-state index in [1.807, 2.05) is 25.1 Å². The molecule has 0 aliphatic heterocycles. The molecule has 1 aromatic heterocycles. The Hall–Kier alpha value is -2.06. The zero-order valence-electron chi connectivity index (χ0n) is 18.8. The second-order valence-corrected chi connectivity index (χ2v) is 10.1. The van der Waals surface area contributed by atoms with Crippen LogP contribution in [0.2, 0.25) is 0 Å². The van der Waals surface area contributed by atoms with E-state index in [0.29, 0.717) is 24.0 Å². The number of sulfonamides is 1. The summed E-state index contributed by atoms with van der Waals surface area (Å²) in [4.78, 5) is 6.10. The van der Waals surface area contributed by atoms with Gasteiger partial charge in [-0.25, -0.2) is 13.1 Å². The molecule has 1 unspecified atom stereocenters. The van der Waals surface area contributed by atoms with Gasteiger partial charge < -0.3 is 9.72 Å². The van der Waals surface area contributed by atoms with Crippen molar-refractivity contribution in [1.82, 2.24) is 14.6 Å². The Morgan fingerprint density at radius 3 is 2.56 bits per heavy atom. The first kappa shape index (κ1) is 24.6. The SMILES string of the molecule is CCCN(CCNS(=O)(=O)c1ccc(C)cc1)C1Cc2c[nH]c3ccc(OC)c(c23)C1.Cl. The van der Waals surface area contributed by atoms with Crippen LogP contribution in [0, 0.1) is 6.92 Å². The number of aromatic nitrogens is 1. The number of halogens is 1. The molecule has 1 aliphatic carbocycles. The van der Waals surface area contributed by atoms with Gasteiger partial charge in [0, 0.05) is 41.8 Å². The zero-order chi connectivity index (χ0) is 22.0. The number of nitrogens with one attached hydrogen (secondary N) is 2. The van der Waals surface area contributed by atoms with Crippen LogP contribution in [-0.4, -0.2) is 51.1 Å². The number of benzene rings is 2.